The van der Waals surface area contributed by atoms with Gasteiger partial charge in [0.2, 0.25) is 11.8 Å². The summed E-state index contributed by atoms with van der Waals surface area (Å²) in [6.07, 6.45) is 4.96. The number of hydrogen-bond donors (Lipinski definition) is 1. The van der Waals surface area contributed by atoms with Crippen LogP contribution in [0.5, 0.6) is 5.75 Å². The normalized spacial score (nSPS) is 17.9. The summed E-state index contributed by atoms with van der Waals surface area (Å²) in [6, 6.07) is 20.8. The maximum absolute atomic E-state index is 13.7. The standard InChI is InChI=1S/C29H28FN3O3S/c30-23-15-13-20(14-16-23)27-32-33(28(35)21-8-2-1-3-9-21)29(37-27)24-11-4-5-12-25(24)36-18-19-7-6-10-22(17-19)26(31)34/h4-7,10-17,21,29H,1-3,8-9,18H2,(H2,31,34). The summed E-state index contributed by atoms with van der Waals surface area (Å²) >= 11 is 1.46. The molecule has 0 spiro atoms. The number of rotatable bonds is 7. The molecule has 3 aromatic rings. The molecule has 0 radical (unpaired) electrons. The molecule has 1 aliphatic heterocycles. The third-order valence-corrected chi connectivity index (χ3v) is 7.92. The van der Waals surface area contributed by atoms with Gasteiger partial charge in [-0.2, -0.15) is 5.10 Å². The molecule has 0 aromatic heterocycles. The monoisotopic (exact) mass is 517 g/mol. The number of halogens is 1. The Labute approximate surface area is 219 Å². The van der Waals surface area contributed by atoms with E-state index in [0.29, 0.717) is 16.4 Å². The number of hydrogen-bond acceptors (Lipinski definition) is 5. The highest BCUT2D eigenvalue weighted by molar-refractivity contribution is 8.14. The largest absolute Gasteiger partial charge is 0.489 e. The minimum absolute atomic E-state index is 0.0123. The average molecular weight is 518 g/mol. The van der Waals surface area contributed by atoms with Crippen LogP contribution in [0.2, 0.25) is 0 Å². The van der Waals surface area contributed by atoms with Gasteiger partial charge in [-0.3, -0.25) is 9.59 Å². The van der Waals surface area contributed by atoms with Crippen LogP contribution in [0.1, 0.15) is 64.5 Å². The van der Waals surface area contributed by atoms with E-state index in [9.17, 15) is 14.0 Å². The fourth-order valence-corrected chi connectivity index (χ4v) is 5.93. The third-order valence-electron chi connectivity index (χ3n) is 6.71. The number of nitrogens with zero attached hydrogens (tertiary/aromatic N) is 2. The summed E-state index contributed by atoms with van der Waals surface area (Å²) < 4.78 is 19.8. The first kappa shape index (κ1) is 25.0. The van der Waals surface area contributed by atoms with Crippen molar-refractivity contribution in [2.75, 3.05) is 0 Å². The third kappa shape index (κ3) is 5.69. The molecule has 0 saturated heterocycles. The molecule has 1 saturated carbocycles. The van der Waals surface area contributed by atoms with Crippen molar-refractivity contribution >= 4 is 28.6 Å². The van der Waals surface area contributed by atoms with E-state index >= 15 is 0 Å². The first-order valence-electron chi connectivity index (χ1n) is 12.4. The summed E-state index contributed by atoms with van der Waals surface area (Å²) in [5.74, 6) is -0.234. The Balaban J connectivity index is 1.43. The smallest absolute Gasteiger partial charge is 0.248 e. The minimum Gasteiger partial charge on any atom is -0.489 e. The van der Waals surface area contributed by atoms with Crippen LogP contribution >= 0.6 is 11.8 Å². The van der Waals surface area contributed by atoms with Gasteiger partial charge in [0.1, 0.15) is 28.6 Å². The quantitative estimate of drug-likeness (QED) is 0.415. The zero-order valence-electron chi connectivity index (χ0n) is 20.3. The lowest BCUT2D eigenvalue weighted by atomic mass is 9.88. The molecule has 37 heavy (non-hydrogen) atoms. The highest BCUT2D eigenvalue weighted by Crippen LogP contribution is 2.46. The van der Waals surface area contributed by atoms with E-state index in [2.05, 4.69) is 0 Å². The maximum Gasteiger partial charge on any atom is 0.248 e. The summed E-state index contributed by atoms with van der Waals surface area (Å²) in [7, 11) is 0. The number of para-hydroxylation sites is 1. The summed E-state index contributed by atoms with van der Waals surface area (Å²) in [6.45, 7) is 0.234. The molecule has 1 heterocycles. The van der Waals surface area contributed by atoms with E-state index in [0.717, 1.165) is 48.8 Å². The van der Waals surface area contributed by atoms with Crippen LogP contribution in [0.15, 0.2) is 77.9 Å². The fourth-order valence-electron chi connectivity index (χ4n) is 4.74. The SMILES string of the molecule is NC(=O)c1cccc(COc2ccccc2C2SC(c3ccc(F)cc3)=NN2C(=O)C2CCCCC2)c1. The number of benzene rings is 3. The van der Waals surface area contributed by atoms with Crippen LogP contribution in [-0.4, -0.2) is 21.9 Å². The number of primary amides is 1. The number of carbonyl (C=O) groups excluding carboxylic acids is 2. The van der Waals surface area contributed by atoms with E-state index in [4.69, 9.17) is 15.6 Å². The van der Waals surface area contributed by atoms with Crippen molar-refractivity contribution in [2.24, 2.45) is 16.8 Å². The summed E-state index contributed by atoms with van der Waals surface area (Å²) in [5, 5.41) is 6.59. The van der Waals surface area contributed by atoms with Crippen molar-refractivity contribution in [3.63, 3.8) is 0 Å². The number of carbonyl (C=O) groups is 2. The molecular weight excluding hydrogens is 489 g/mol. The molecule has 1 atom stereocenters. The topological polar surface area (TPSA) is 85.0 Å². The number of hydrazone groups is 1. The molecule has 1 fully saturated rings. The molecule has 2 aliphatic rings. The zero-order chi connectivity index (χ0) is 25.8. The van der Waals surface area contributed by atoms with Crippen LogP contribution < -0.4 is 10.5 Å². The Kier molecular flexibility index (Phi) is 7.55. The van der Waals surface area contributed by atoms with Gasteiger partial charge in [0.05, 0.1) is 0 Å². The lowest BCUT2D eigenvalue weighted by molar-refractivity contribution is -0.137. The van der Waals surface area contributed by atoms with E-state index in [1.807, 2.05) is 30.3 Å². The van der Waals surface area contributed by atoms with Gasteiger partial charge in [0.25, 0.3) is 0 Å². The van der Waals surface area contributed by atoms with E-state index in [1.165, 1.54) is 23.9 Å². The molecule has 2 amide bonds. The van der Waals surface area contributed by atoms with E-state index in [-0.39, 0.29) is 24.2 Å². The average Bonchev–Trinajstić information content (AvgIpc) is 3.38. The number of nitrogens with two attached hydrogens (primary N) is 1. The van der Waals surface area contributed by atoms with E-state index in [1.54, 1.807) is 35.3 Å². The van der Waals surface area contributed by atoms with Crippen molar-refractivity contribution < 1.29 is 18.7 Å². The van der Waals surface area contributed by atoms with Gasteiger partial charge in [-0.15, -0.1) is 0 Å². The molecule has 6 nitrogen and oxygen atoms in total. The number of thioether (sulfide) groups is 1. The van der Waals surface area contributed by atoms with Crippen LogP contribution in [-0.2, 0) is 11.4 Å². The van der Waals surface area contributed by atoms with E-state index < -0.39 is 11.3 Å². The lowest BCUT2D eigenvalue weighted by Gasteiger charge is -2.28. The number of amides is 2. The molecule has 5 rings (SSSR count). The van der Waals surface area contributed by atoms with Gasteiger partial charge in [-0.25, -0.2) is 9.40 Å². The minimum atomic E-state index is -0.494. The van der Waals surface area contributed by atoms with Gasteiger partial charge >= 0.3 is 0 Å². The Morgan fingerprint density at radius 3 is 2.51 bits per heavy atom. The second kappa shape index (κ2) is 11.2. The molecule has 3 aromatic carbocycles. The van der Waals surface area contributed by atoms with Gasteiger partial charge in [0, 0.05) is 22.6 Å². The predicted octanol–water partition coefficient (Wildman–Crippen LogP) is 6.02. The zero-order valence-corrected chi connectivity index (χ0v) is 21.1. The van der Waals surface area contributed by atoms with Gasteiger partial charge in [0.15, 0.2) is 0 Å². The van der Waals surface area contributed by atoms with Crippen LogP contribution in [0.25, 0.3) is 0 Å². The molecule has 1 aliphatic carbocycles. The molecular formula is C29H28FN3O3S. The van der Waals surface area contributed by atoms with Crippen molar-refractivity contribution in [3.8, 4) is 5.75 Å². The maximum atomic E-state index is 13.7. The molecule has 2 N–H and O–H groups in total. The van der Waals surface area contributed by atoms with Gasteiger partial charge < -0.3 is 10.5 Å². The second-order valence-electron chi connectivity index (χ2n) is 9.29. The van der Waals surface area contributed by atoms with Gasteiger partial charge in [-0.05, 0) is 60.9 Å². The lowest BCUT2D eigenvalue weighted by Crippen LogP contribution is -2.33. The molecule has 190 valence electrons. The second-order valence-corrected chi connectivity index (χ2v) is 10.4. The van der Waals surface area contributed by atoms with Crippen LogP contribution in [0.3, 0.4) is 0 Å². The first-order valence-corrected chi connectivity index (χ1v) is 13.3. The number of ether oxygens (including phenoxy) is 1. The Morgan fingerprint density at radius 2 is 1.76 bits per heavy atom. The van der Waals surface area contributed by atoms with Crippen molar-refractivity contribution in [1.82, 2.24) is 5.01 Å². The molecule has 0 bridgehead atoms. The van der Waals surface area contributed by atoms with Crippen LogP contribution in [0.4, 0.5) is 4.39 Å². The van der Waals surface area contributed by atoms with Gasteiger partial charge in [-0.1, -0.05) is 61.4 Å². The first-order chi connectivity index (χ1) is 18.0. The highest BCUT2D eigenvalue weighted by Gasteiger charge is 2.38. The Bertz CT molecular complexity index is 1320. The highest BCUT2D eigenvalue weighted by atomic mass is 32.2. The molecule has 8 heteroatoms. The summed E-state index contributed by atoms with van der Waals surface area (Å²) in [4.78, 5) is 25.2. The van der Waals surface area contributed by atoms with Crippen molar-refractivity contribution in [2.45, 2.75) is 44.1 Å². The van der Waals surface area contributed by atoms with Crippen LogP contribution in [0, 0.1) is 11.7 Å². The van der Waals surface area contributed by atoms with Crippen molar-refractivity contribution in [1.29, 1.82) is 0 Å². The summed E-state index contributed by atoms with van der Waals surface area (Å²) in [5.41, 5.74) is 8.23. The Morgan fingerprint density at radius 1 is 1.00 bits per heavy atom. The fraction of sp³-hybridized carbons (Fsp3) is 0.276. The molecule has 1 unspecified atom stereocenters. The Hall–Kier alpha value is -3.65. The van der Waals surface area contributed by atoms with Crippen molar-refractivity contribution in [3.05, 3.63) is 101 Å². The predicted molar refractivity (Wildman–Crippen MR) is 142 cm³/mol.